The van der Waals surface area contributed by atoms with E-state index in [0.29, 0.717) is 0 Å². The van der Waals surface area contributed by atoms with Crippen LogP contribution >= 0.6 is 0 Å². The van der Waals surface area contributed by atoms with Gasteiger partial charge in [0.2, 0.25) is 0 Å². The smallest absolute Gasteiger partial charge is 0.459 e. The summed E-state index contributed by atoms with van der Waals surface area (Å²) < 4.78 is 65.1. The SMILES string of the molecule is Cc1cc(=O)cc(C(F)(F)C(F)(F)F)o1. The van der Waals surface area contributed by atoms with E-state index in [1.807, 2.05) is 0 Å². The highest BCUT2D eigenvalue weighted by molar-refractivity contribution is 5.11. The third-order valence-electron chi connectivity index (χ3n) is 1.56. The molecule has 1 rings (SSSR count). The van der Waals surface area contributed by atoms with Gasteiger partial charge in [0.25, 0.3) is 0 Å². The van der Waals surface area contributed by atoms with Crippen LogP contribution in [0.2, 0.25) is 0 Å². The van der Waals surface area contributed by atoms with E-state index in [1.54, 1.807) is 0 Å². The summed E-state index contributed by atoms with van der Waals surface area (Å²) in [6, 6.07) is 0.941. The fourth-order valence-corrected chi connectivity index (χ4v) is 0.898. The van der Waals surface area contributed by atoms with Gasteiger partial charge in [0.1, 0.15) is 5.76 Å². The highest BCUT2D eigenvalue weighted by atomic mass is 19.4. The molecule has 0 unspecified atom stereocenters. The summed E-state index contributed by atoms with van der Waals surface area (Å²) in [5.74, 6) is -7.15. The van der Waals surface area contributed by atoms with Crippen molar-refractivity contribution in [2.75, 3.05) is 0 Å². The summed E-state index contributed by atoms with van der Waals surface area (Å²) in [6.45, 7) is 1.11. The molecule has 0 atom stereocenters. The Kier molecular flexibility index (Phi) is 2.58. The lowest BCUT2D eigenvalue weighted by Gasteiger charge is -2.18. The van der Waals surface area contributed by atoms with Crippen LogP contribution in [-0.2, 0) is 5.92 Å². The second-order valence-corrected chi connectivity index (χ2v) is 2.84. The molecule has 2 nitrogen and oxygen atoms in total. The lowest BCUT2D eigenvalue weighted by molar-refractivity contribution is -0.296. The van der Waals surface area contributed by atoms with Crippen LogP contribution in [0, 0.1) is 6.92 Å². The monoisotopic (exact) mass is 228 g/mol. The maximum absolute atomic E-state index is 12.7. The molecule has 0 saturated heterocycles. The van der Waals surface area contributed by atoms with Crippen molar-refractivity contribution in [2.45, 2.75) is 19.0 Å². The number of hydrogen-bond donors (Lipinski definition) is 0. The molecule has 15 heavy (non-hydrogen) atoms. The Labute approximate surface area is 80.3 Å². The molecule has 0 aromatic carbocycles. The molecule has 0 N–H and O–H groups in total. The summed E-state index contributed by atoms with van der Waals surface area (Å²) in [5.41, 5.74) is -0.960. The Morgan fingerprint density at radius 1 is 1.13 bits per heavy atom. The van der Waals surface area contributed by atoms with Crippen LogP contribution in [0.5, 0.6) is 0 Å². The second-order valence-electron chi connectivity index (χ2n) is 2.84. The van der Waals surface area contributed by atoms with Gasteiger partial charge >= 0.3 is 12.1 Å². The fraction of sp³-hybridized carbons (Fsp3) is 0.375. The van der Waals surface area contributed by atoms with E-state index in [2.05, 4.69) is 4.42 Å². The van der Waals surface area contributed by atoms with E-state index in [4.69, 9.17) is 0 Å². The first kappa shape index (κ1) is 11.7. The molecule has 0 aliphatic heterocycles. The maximum atomic E-state index is 12.7. The highest BCUT2D eigenvalue weighted by Crippen LogP contribution is 2.43. The number of hydrogen-bond acceptors (Lipinski definition) is 2. The summed E-state index contributed by atoms with van der Waals surface area (Å²) in [5, 5.41) is 0. The molecule has 84 valence electrons. The Morgan fingerprint density at radius 2 is 1.67 bits per heavy atom. The molecule has 0 saturated carbocycles. The quantitative estimate of drug-likeness (QED) is 0.691. The van der Waals surface area contributed by atoms with Crippen molar-refractivity contribution in [1.82, 2.24) is 0 Å². The van der Waals surface area contributed by atoms with Gasteiger partial charge in [-0.25, -0.2) is 0 Å². The van der Waals surface area contributed by atoms with Crippen molar-refractivity contribution in [3.63, 3.8) is 0 Å². The normalized spacial score (nSPS) is 12.9. The van der Waals surface area contributed by atoms with E-state index in [-0.39, 0.29) is 11.8 Å². The molecule has 0 bridgehead atoms. The van der Waals surface area contributed by atoms with Gasteiger partial charge in [0.15, 0.2) is 11.2 Å². The van der Waals surface area contributed by atoms with Crippen molar-refractivity contribution in [3.05, 3.63) is 33.9 Å². The molecule has 0 aliphatic carbocycles. The van der Waals surface area contributed by atoms with Gasteiger partial charge in [-0.3, -0.25) is 4.79 Å². The van der Waals surface area contributed by atoms with Crippen LogP contribution in [0.4, 0.5) is 22.0 Å². The zero-order valence-electron chi connectivity index (χ0n) is 7.36. The van der Waals surface area contributed by atoms with Crippen molar-refractivity contribution in [1.29, 1.82) is 0 Å². The van der Waals surface area contributed by atoms with Crippen LogP contribution < -0.4 is 5.43 Å². The standard InChI is InChI=1S/C8H5F5O2/c1-4-2-5(14)3-6(15-4)7(9,10)8(11,12)13/h2-3H,1H3. The zero-order valence-corrected chi connectivity index (χ0v) is 7.36. The summed E-state index contributed by atoms with van der Waals surface area (Å²) in [6.07, 6.45) is -5.78. The number of alkyl halides is 5. The summed E-state index contributed by atoms with van der Waals surface area (Å²) in [7, 11) is 0. The molecular weight excluding hydrogens is 223 g/mol. The van der Waals surface area contributed by atoms with Crippen LogP contribution in [0.1, 0.15) is 11.5 Å². The summed E-state index contributed by atoms with van der Waals surface area (Å²) >= 11 is 0. The number of halogens is 5. The average Bonchev–Trinajstić information content (AvgIpc) is 1.99. The third kappa shape index (κ3) is 2.16. The van der Waals surface area contributed by atoms with Crippen molar-refractivity contribution < 1.29 is 26.4 Å². The third-order valence-corrected chi connectivity index (χ3v) is 1.56. The first-order valence-electron chi connectivity index (χ1n) is 3.71. The first-order valence-corrected chi connectivity index (χ1v) is 3.71. The first-order chi connectivity index (χ1) is 6.64. The van der Waals surface area contributed by atoms with Gasteiger partial charge < -0.3 is 4.42 Å². The predicted octanol–water partition coefficient (Wildman–Crippen LogP) is 2.60. The minimum absolute atomic E-state index is 0.125. The van der Waals surface area contributed by atoms with Gasteiger partial charge in [-0.2, -0.15) is 22.0 Å². The van der Waals surface area contributed by atoms with Crippen molar-refractivity contribution in [2.24, 2.45) is 0 Å². The van der Waals surface area contributed by atoms with Crippen molar-refractivity contribution in [3.8, 4) is 0 Å². The van der Waals surface area contributed by atoms with E-state index >= 15 is 0 Å². The average molecular weight is 228 g/mol. The Morgan fingerprint density at radius 3 is 2.07 bits per heavy atom. The maximum Gasteiger partial charge on any atom is 0.461 e. The largest absolute Gasteiger partial charge is 0.461 e. The molecule has 7 heteroatoms. The molecule has 1 heterocycles. The zero-order chi connectivity index (χ0) is 11.9. The molecule has 0 aliphatic rings. The molecule has 0 amide bonds. The summed E-state index contributed by atoms with van der Waals surface area (Å²) in [4.78, 5) is 10.7. The van der Waals surface area contributed by atoms with Crippen molar-refractivity contribution >= 4 is 0 Å². The van der Waals surface area contributed by atoms with Crippen LogP contribution in [-0.4, -0.2) is 6.18 Å². The fourth-order valence-electron chi connectivity index (χ4n) is 0.898. The van der Waals surface area contributed by atoms with E-state index < -0.39 is 23.3 Å². The van der Waals surface area contributed by atoms with Gasteiger partial charge in [-0.05, 0) is 6.92 Å². The minimum Gasteiger partial charge on any atom is -0.459 e. The predicted molar refractivity (Wildman–Crippen MR) is 39.7 cm³/mol. The highest BCUT2D eigenvalue weighted by Gasteiger charge is 2.61. The van der Waals surface area contributed by atoms with Gasteiger partial charge in [-0.15, -0.1) is 0 Å². The molecule has 0 radical (unpaired) electrons. The van der Waals surface area contributed by atoms with E-state index in [0.717, 1.165) is 13.0 Å². The molecule has 0 fully saturated rings. The second kappa shape index (κ2) is 3.32. The lowest BCUT2D eigenvalue weighted by Crippen LogP contribution is -2.34. The Bertz CT molecular complexity index is 418. The minimum atomic E-state index is -5.78. The van der Waals surface area contributed by atoms with Gasteiger partial charge in [0.05, 0.1) is 0 Å². The number of rotatable bonds is 1. The van der Waals surface area contributed by atoms with Crippen LogP contribution in [0.3, 0.4) is 0 Å². The van der Waals surface area contributed by atoms with E-state index in [1.165, 1.54) is 0 Å². The molecular formula is C8H5F5O2. The number of aryl methyl sites for hydroxylation is 1. The Balaban J connectivity index is 3.33. The van der Waals surface area contributed by atoms with Gasteiger partial charge in [0, 0.05) is 12.1 Å². The molecule has 1 aromatic heterocycles. The topological polar surface area (TPSA) is 30.2 Å². The lowest BCUT2D eigenvalue weighted by atomic mass is 10.2. The molecule has 0 spiro atoms. The van der Waals surface area contributed by atoms with Crippen LogP contribution in [0.15, 0.2) is 21.3 Å². The van der Waals surface area contributed by atoms with E-state index in [9.17, 15) is 26.7 Å². The Hall–Kier alpha value is -1.40. The van der Waals surface area contributed by atoms with Gasteiger partial charge in [-0.1, -0.05) is 0 Å². The molecule has 1 aromatic rings. The van der Waals surface area contributed by atoms with Crippen LogP contribution in [0.25, 0.3) is 0 Å².